The lowest BCUT2D eigenvalue weighted by molar-refractivity contribution is 0.0696. The summed E-state index contributed by atoms with van der Waals surface area (Å²) >= 11 is 1.86. The van der Waals surface area contributed by atoms with Gasteiger partial charge < -0.3 is 10.4 Å². The van der Waals surface area contributed by atoms with Crippen LogP contribution in [-0.2, 0) is 0 Å². The Bertz CT molecular complexity index is 380. The lowest BCUT2D eigenvalue weighted by Crippen LogP contribution is -2.32. The Morgan fingerprint density at radius 3 is 2.50 bits per heavy atom. The molecular formula is C13H20N2O2S. The molecule has 0 aliphatic carbocycles. The van der Waals surface area contributed by atoms with Crippen LogP contribution in [0.1, 0.15) is 37.0 Å². The summed E-state index contributed by atoms with van der Waals surface area (Å²) in [6, 6.07) is 3.27. The van der Waals surface area contributed by atoms with E-state index in [9.17, 15) is 4.79 Å². The van der Waals surface area contributed by atoms with Gasteiger partial charge >= 0.3 is 5.97 Å². The summed E-state index contributed by atoms with van der Waals surface area (Å²) in [6.45, 7) is 5.20. The molecule has 0 spiro atoms. The van der Waals surface area contributed by atoms with E-state index in [4.69, 9.17) is 5.11 Å². The van der Waals surface area contributed by atoms with Crippen molar-refractivity contribution in [3.63, 3.8) is 0 Å². The summed E-state index contributed by atoms with van der Waals surface area (Å²) in [5, 5.41) is 12.1. The number of aromatic carboxylic acids is 1. The predicted octanol–water partition coefficient (Wildman–Crippen LogP) is 3.11. The van der Waals surface area contributed by atoms with E-state index in [1.54, 1.807) is 12.1 Å². The van der Waals surface area contributed by atoms with Gasteiger partial charge in [-0.3, -0.25) is 0 Å². The van der Waals surface area contributed by atoms with Crippen LogP contribution in [0.4, 0.5) is 5.82 Å². The molecule has 0 aliphatic rings. The lowest BCUT2D eigenvalue weighted by atomic mass is 10.0. The number of pyridine rings is 1. The lowest BCUT2D eigenvalue weighted by Gasteiger charge is -2.30. The molecule has 1 aromatic rings. The van der Waals surface area contributed by atoms with E-state index in [0.29, 0.717) is 0 Å². The maximum Gasteiger partial charge on any atom is 0.337 e. The molecule has 0 aromatic carbocycles. The van der Waals surface area contributed by atoms with Crippen LogP contribution in [0.25, 0.3) is 0 Å². The van der Waals surface area contributed by atoms with E-state index in [-0.39, 0.29) is 10.3 Å². The molecule has 0 saturated carbocycles. The number of carboxylic acids is 1. The Morgan fingerprint density at radius 1 is 1.44 bits per heavy atom. The van der Waals surface area contributed by atoms with E-state index in [1.165, 1.54) is 6.20 Å². The van der Waals surface area contributed by atoms with Crippen LogP contribution in [0.3, 0.4) is 0 Å². The molecule has 0 atom stereocenters. The molecule has 1 heterocycles. The first-order valence-electron chi connectivity index (χ1n) is 6.05. The third-order valence-corrected chi connectivity index (χ3v) is 4.91. The Balaban J connectivity index is 2.65. The highest BCUT2D eigenvalue weighted by Gasteiger charge is 2.24. The fourth-order valence-electron chi connectivity index (χ4n) is 1.74. The molecule has 100 valence electrons. The summed E-state index contributed by atoms with van der Waals surface area (Å²) < 4.78 is 0.215. The number of hydrogen-bond acceptors (Lipinski definition) is 4. The minimum Gasteiger partial charge on any atom is -0.478 e. The summed E-state index contributed by atoms with van der Waals surface area (Å²) in [4.78, 5) is 14.8. The second kappa shape index (κ2) is 6.64. The van der Waals surface area contributed by atoms with Crippen molar-refractivity contribution in [3.05, 3.63) is 23.9 Å². The first-order valence-corrected chi connectivity index (χ1v) is 7.27. The average Bonchev–Trinajstić information content (AvgIpc) is 2.41. The van der Waals surface area contributed by atoms with Gasteiger partial charge in [0, 0.05) is 17.5 Å². The van der Waals surface area contributed by atoms with Crippen LogP contribution >= 0.6 is 11.8 Å². The maximum absolute atomic E-state index is 10.7. The van der Waals surface area contributed by atoms with Gasteiger partial charge in [-0.25, -0.2) is 9.78 Å². The number of aromatic nitrogens is 1. The van der Waals surface area contributed by atoms with Crippen molar-refractivity contribution >= 4 is 23.5 Å². The van der Waals surface area contributed by atoms with E-state index >= 15 is 0 Å². The summed E-state index contributed by atoms with van der Waals surface area (Å²) in [5.41, 5.74) is 0.211. The third-order valence-electron chi connectivity index (χ3n) is 3.32. The van der Waals surface area contributed by atoms with Crippen molar-refractivity contribution in [2.45, 2.75) is 31.4 Å². The smallest absolute Gasteiger partial charge is 0.337 e. The average molecular weight is 268 g/mol. The molecule has 0 unspecified atom stereocenters. The van der Waals surface area contributed by atoms with Gasteiger partial charge in [0.05, 0.1) is 5.56 Å². The predicted molar refractivity (Wildman–Crippen MR) is 76.5 cm³/mol. The minimum atomic E-state index is -0.949. The number of rotatable bonds is 7. The first-order chi connectivity index (χ1) is 8.56. The first kappa shape index (κ1) is 14.8. The van der Waals surface area contributed by atoms with Crippen LogP contribution in [0.2, 0.25) is 0 Å². The number of carboxylic acid groups (broad SMARTS) is 1. The van der Waals surface area contributed by atoms with Crippen LogP contribution in [0.5, 0.6) is 0 Å². The second-order valence-electron chi connectivity index (χ2n) is 4.19. The van der Waals surface area contributed by atoms with Crippen molar-refractivity contribution < 1.29 is 9.90 Å². The SMILES string of the molecule is CCC(CC)(CNc1ccc(C(=O)O)cn1)SC. The maximum atomic E-state index is 10.7. The second-order valence-corrected chi connectivity index (χ2v) is 5.46. The Kier molecular flexibility index (Phi) is 5.47. The van der Waals surface area contributed by atoms with Gasteiger partial charge in [-0.1, -0.05) is 13.8 Å². The van der Waals surface area contributed by atoms with E-state index in [0.717, 1.165) is 25.2 Å². The summed E-state index contributed by atoms with van der Waals surface area (Å²) in [7, 11) is 0. The van der Waals surface area contributed by atoms with Gasteiger partial charge in [0.15, 0.2) is 0 Å². The highest BCUT2D eigenvalue weighted by Crippen LogP contribution is 2.30. The Hall–Kier alpha value is -1.23. The Morgan fingerprint density at radius 2 is 2.11 bits per heavy atom. The highest BCUT2D eigenvalue weighted by molar-refractivity contribution is 8.00. The minimum absolute atomic E-state index is 0.211. The van der Waals surface area contributed by atoms with Crippen molar-refractivity contribution in [2.24, 2.45) is 0 Å². The molecule has 0 aliphatic heterocycles. The van der Waals surface area contributed by atoms with Gasteiger partial charge in [0.2, 0.25) is 0 Å². The largest absolute Gasteiger partial charge is 0.478 e. The van der Waals surface area contributed by atoms with Crippen LogP contribution in [0, 0.1) is 0 Å². The number of nitrogens with one attached hydrogen (secondary N) is 1. The summed E-state index contributed by atoms with van der Waals surface area (Å²) in [5.74, 6) is -0.227. The third kappa shape index (κ3) is 3.63. The fourth-order valence-corrected chi connectivity index (χ4v) is 2.53. The number of hydrogen-bond donors (Lipinski definition) is 2. The van der Waals surface area contributed by atoms with Crippen molar-refractivity contribution in [1.29, 1.82) is 0 Å². The molecule has 18 heavy (non-hydrogen) atoms. The quantitative estimate of drug-likeness (QED) is 0.795. The highest BCUT2D eigenvalue weighted by atomic mass is 32.2. The number of nitrogens with zero attached hydrogens (tertiary/aromatic N) is 1. The van der Waals surface area contributed by atoms with Crippen LogP contribution in [-0.4, -0.2) is 33.6 Å². The monoisotopic (exact) mass is 268 g/mol. The number of thioether (sulfide) groups is 1. The number of anilines is 1. The fraction of sp³-hybridized carbons (Fsp3) is 0.538. The Labute approximate surface area is 112 Å². The molecule has 2 N–H and O–H groups in total. The topological polar surface area (TPSA) is 62.2 Å². The zero-order valence-corrected chi connectivity index (χ0v) is 11.9. The van der Waals surface area contributed by atoms with Gasteiger partial charge in [-0.15, -0.1) is 0 Å². The van der Waals surface area contributed by atoms with Crippen LogP contribution in [0.15, 0.2) is 18.3 Å². The molecule has 5 heteroatoms. The van der Waals surface area contributed by atoms with Crippen molar-refractivity contribution in [2.75, 3.05) is 18.1 Å². The zero-order valence-electron chi connectivity index (χ0n) is 11.1. The molecular weight excluding hydrogens is 248 g/mol. The van der Waals surface area contributed by atoms with Gasteiger partial charge in [-0.05, 0) is 31.2 Å². The zero-order chi connectivity index (χ0) is 13.6. The molecule has 0 fully saturated rings. The van der Waals surface area contributed by atoms with Crippen LogP contribution < -0.4 is 5.32 Å². The molecule has 0 radical (unpaired) electrons. The van der Waals surface area contributed by atoms with E-state index in [2.05, 4.69) is 30.4 Å². The molecule has 0 amide bonds. The summed E-state index contributed by atoms with van der Waals surface area (Å²) in [6.07, 6.45) is 5.68. The number of carbonyl (C=O) groups is 1. The molecule has 1 rings (SSSR count). The molecule has 0 bridgehead atoms. The van der Waals surface area contributed by atoms with Gasteiger partial charge in [0.25, 0.3) is 0 Å². The normalized spacial score (nSPS) is 11.3. The molecule has 0 saturated heterocycles. The van der Waals surface area contributed by atoms with Crippen molar-refractivity contribution in [1.82, 2.24) is 4.98 Å². The van der Waals surface area contributed by atoms with E-state index in [1.807, 2.05) is 11.8 Å². The van der Waals surface area contributed by atoms with E-state index < -0.39 is 5.97 Å². The standard InChI is InChI=1S/C13H20N2O2S/c1-4-13(5-2,18-3)9-15-11-7-6-10(8-14-11)12(16)17/h6-8H,4-5,9H2,1-3H3,(H,14,15)(H,16,17). The van der Waals surface area contributed by atoms with Gasteiger partial charge in [-0.2, -0.15) is 11.8 Å². The molecule has 4 nitrogen and oxygen atoms in total. The van der Waals surface area contributed by atoms with Gasteiger partial charge in [0.1, 0.15) is 5.82 Å². The van der Waals surface area contributed by atoms with Crippen molar-refractivity contribution in [3.8, 4) is 0 Å². The molecule has 1 aromatic heterocycles.